The minimum absolute atomic E-state index is 0.0409. The molecule has 10 nitrogen and oxygen atoms in total. The molecule has 0 saturated carbocycles. The second-order valence-electron chi connectivity index (χ2n) is 7.13. The van der Waals surface area contributed by atoms with E-state index in [4.69, 9.17) is 23.5 Å². The molecule has 1 aliphatic heterocycles. The van der Waals surface area contributed by atoms with Crippen LogP contribution in [0.3, 0.4) is 0 Å². The van der Waals surface area contributed by atoms with Crippen molar-refractivity contribution in [3.8, 4) is 46.0 Å². The van der Waals surface area contributed by atoms with Crippen molar-refractivity contribution in [2.45, 2.75) is 6.54 Å². The van der Waals surface area contributed by atoms with Crippen LogP contribution in [-0.2, 0) is 11.3 Å². The minimum Gasteiger partial charge on any atom is -0.497 e. The molecule has 1 N–H and O–H groups in total. The number of benzene rings is 2. The SMILES string of the molecule is COc1ccc(NC(=O)Cn2cccc2-c2nc(-c3ccc4c(c3)OCO4)no2)c(OC)c1. The lowest BCUT2D eigenvalue weighted by molar-refractivity contribution is -0.116. The van der Waals surface area contributed by atoms with Crippen molar-refractivity contribution in [1.29, 1.82) is 0 Å². The number of nitrogens with one attached hydrogen (secondary N) is 1. The summed E-state index contributed by atoms with van der Waals surface area (Å²) in [6.45, 7) is 0.230. The fourth-order valence-corrected chi connectivity index (χ4v) is 3.47. The third kappa shape index (κ3) is 4.05. The van der Waals surface area contributed by atoms with Gasteiger partial charge in [0.1, 0.15) is 23.7 Å². The third-order valence-corrected chi connectivity index (χ3v) is 5.10. The summed E-state index contributed by atoms with van der Waals surface area (Å²) in [5.74, 6) is 2.90. The summed E-state index contributed by atoms with van der Waals surface area (Å²) in [6.07, 6.45) is 1.77. The Morgan fingerprint density at radius 3 is 2.82 bits per heavy atom. The van der Waals surface area contributed by atoms with Crippen LogP contribution in [0.5, 0.6) is 23.0 Å². The van der Waals surface area contributed by atoms with Gasteiger partial charge in [0.25, 0.3) is 5.89 Å². The quantitative estimate of drug-likeness (QED) is 0.457. The molecule has 3 heterocycles. The monoisotopic (exact) mass is 448 g/mol. The molecule has 0 bridgehead atoms. The number of carbonyl (C=O) groups excluding carboxylic acids is 1. The fraction of sp³-hybridized carbons (Fsp3) is 0.174. The Bertz CT molecular complexity index is 1310. The highest BCUT2D eigenvalue weighted by Gasteiger charge is 2.19. The Hall–Kier alpha value is -4.47. The van der Waals surface area contributed by atoms with Crippen molar-refractivity contribution in [3.63, 3.8) is 0 Å². The molecule has 33 heavy (non-hydrogen) atoms. The van der Waals surface area contributed by atoms with Gasteiger partial charge in [0.05, 0.1) is 19.9 Å². The van der Waals surface area contributed by atoms with E-state index in [0.717, 1.165) is 5.56 Å². The second-order valence-corrected chi connectivity index (χ2v) is 7.13. The molecular weight excluding hydrogens is 428 g/mol. The van der Waals surface area contributed by atoms with Crippen LogP contribution >= 0.6 is 0 Å². The predicted octanol–water partition coefficient (Wildman–Crippen LogP) is 3.59. The molecule has 5 rings (SSSR count). The van der Waals surface area contributed by atoms with Gasteiger partial charge in [-0.3, -0.25) is 4.79 Å². The smallest absolute Gasteiger partial charge is 0.274 e. The first kappa shape index (κ1) is 20.4. The van der Waals surface area contributed by atoms with Crippen molar-refractivity contribution >= 4 is 11.6 Å². The number of carbonyl (C=O) groups is 1. The number of nitrogens with zero attached hydrogens (tertiary/aromatic N) is 3. The molecule has 0 saturated heterocycles. The Morgan fingerprint density at radius 1 is 1.09 bits per heavy atom. The molecule has 0 atom stereocenters. The van der Waals surface area contributed by atoms with Gasteiger partial charge in [0, 0.05) is 17.8 Å². The summed E-state index contributed by atoms with van der Waals surface area (Å²) in [4.78, 5) is 17.2. The number of anilines is 1. The van der Waals surface area contributed by atoms with Gasteiger partial charge >= 0.3 is 0 Å². The summed E-state index contributed by atoms with van der Waals surface area (Å²) in [6, 6.07) is 14.2. The van der Waals surface area contributed by atoms with Crippen molar-refractivity contribution in [1.82, 2.24) is 14.7 Å². The van der Waals surface area contributed by atoms with Gasteiger partial charge in [0.15, 0.2) is 11.5 Å². The van der Waals surface area contributed by atoms with Crippen molar-refractivity contribution < 1.29 is 28.3 Å². The van der Waals surface area contributed by atoms with Crippen LogP contribution in [0.15, 0.2) is 59.3 Å². The fourth-order valence-electron chi connectivity index (χ4n) is 3.47. The first-order valence-electron chi connectivity index (χ1n) is 10.1. The second kappa shape index (κ2) is 8.58. The standard InChI is InChI=1S/C23H20N4O6/c1-29-15-6-7-16(19(11-15)30-2)24-21(28)12-27-9-3-4-17(27)23-25-22(26-33-23)14-5-8-18-20(10-14)32-13-31-18/h3-11H,12-13H2,1-2H3,(H,24,28). The van der Waals surface area contributed by atoms with E-state index < -0.39 is 0 Å². The van der Waals surface area contributed by atoms with Crippen molar-refractivity contribution in [2.75, 3.05) is 26.3 Å². The van der Waals surface area contributed by atoms with Gasteiger partial charge < -0.3 is 33.4 Å². The molecule has 0 radical (unpaired) electrons. The highest BCUT2D eigenvalue weighted by Crippen LogP contribution is 2.35. The van der Waals surface area contributed by atoms with Crippen molar-refractivity contribution in [2.24, 2.45) is 0 Å². The van der Waals surface area contributed by atoms with Crippen molar-refractivity contribution in [3.05, 3.63) is 54.7 Å². The van der Waals surface area contributed by atoms with Crippen LogP contribution in [0, 0.1) is 0 Å². The van der Waals surface area contributed by atoms with Gasteiger partial charge in [-0.15, -0.1) is 0 Å². The number of amides is 1. The van der Waals surface area contributed by atoms with Gasteiger partial charge in [-0.1, -0.05) is 5.16 Å². The number of aromatic nitrogens is 3. The Balaban J connectivity index is 1.33. The van der Waals surface area contributed by atoms with Crippen LogP contribution in [0.2, 0.25) is 0 Å². The summed E-state index contributed by atoms with van der Waals surface area (Å²) in [5, 5.41) is 6.92. The van der Waals surface area contributed by atoms with Gasteiger partial charge in [-0.25, -0.2) is 0 Å². The van der Waals surface area contributed by atoms with E-state index in [1.165, 1.54) is 7.11 Å². The van der Waals surface area contributed by atoms with E-state index in [1.807, 2.05) is 6.07 Å². The first-order chi connectivity index (χ1) is 16.1. The number of hydrogen-bond donors (Lipinski definition) is 1. The molecule has 0 aliphatic carbocycles. The molecular formula is C23H20N4O6. The average molecular weight is 448 g/mol. The molecule has 2 aromatic carbocycles. The largest absolute Gasteiger partial charge is 0.497 e. The topological polar surface area (TPSA) is 110 Å². The molecule has 10 heteroatoms. The Labute approximate surface area is 188 Å². The average Bonchev–Trinajstić information content (AvgIpc) is 3.59. The summed E-state index contributed by atoms with van der Waals surface area (Å²) in [5.41, 5.74) is 1.89. The molecule has 1 amide bonds. The van der Waals surface area contributed by atoms with Gasteiger partial charge in [-0.2, -0.15) is 4.98 Å². The normalized spacial score (nSPS) is 11.9. The molecule has 0 unspecified atom stereocenters. The number of rotatable bonds is 7. The number of methoxy groups -OCH3 is 2. The first-order valence-corrected chi connectivity index (χ1v) is 10.1. The Morgan fingerprint density at radius 2 is 1.97 bits per heavy atom. The molecule has 1 aliphatic rings. The van der Waals surface area contributed by atoms with Gasteiger partial charge in [0.2, 0.25) is 18.5 Å². The van der Waals surface area contributed by atoms with E-state index in [0.29, 0.717) is 46.1 Å². The maximum absolute atomic E-state index is 12.7. The van der Waals surface area contributed by atoms with E-state index in [1.54, 1.807) is 60.3 Å². The lowest BCUT2D eigenvalue weighted by Gasteiger charge is -2.12. The molecule has 2 aromatic heterocycles. The molecule has 0 fully saturated rings. The van der Waals surface area contributed by atoms with Crippen LogP contribution in [0.4, 0.5) is 5.69 Å². The maximum atomic E-state index is 12.7. The van der Waals surface area contributed by atoms with E-state index in [9.17, 15) is 4.79 Å². The summed E-state index contributed by atoms with van der Waals surface area (Å²) in [7, 11) is 3.10. The zero-order chi connectivity index (χ0) is 22.8. The van der Waals surface area contributed by atoms with Crippen LogP contribution in [0.1, 0.15) is 0 Å². The van der Waals surface area contributed by atoms with Crippen LogP contribution < -0.4 is 24.3 Å². The van der Waals surface area contributed by atoms with E-state index in [2.05, 4.69) is 15.5 Å². The van der Waals surface area contributed by atoms with E-state index in [-0.39, 0.29) is 19.2 Å². The Kier molecular flexibility index (Phi) is 5.31. The minimum atomic E-state index is -0.244. The highest BCUT2D eigenvalue weighted by atomic mass is 16.7. The zero-order valence-corrected chi connectivity index (χ0v) is 17.9. The zero-order valence-electron chi connectivity index (χ0n) is 17.9. The summed E-state index contributed by atoms with van der Waals surface area (Å²) < 4.78 is 28.5. The third-order valence-electron chi connectivity index (χ3n) is 5.10. The van der Waals surface area contributed by atoms with Gasteiger partial charge in [-0.05, 0) is 42.5 Å². The number of fused-ring (bicyclic) bond motifs is 1. The lowest BCUT2D eigenvalue weighted by atomic mass is 10.2. The van der Waals surface area contributed by atoms with Crippen LogP contribution in [0.25, 0.3) is 23.0 Å². The van der Waals surface area contributed by atoms with Crippen LogP contribution in [-0.4, -0.2) is 41.6 Å². The number of hydrogen-bond acceptors (Lipinski definition) is 8. The highest BCUT2D eigenvalue weighted by molar-refractivity contribution is 5.92. The maximum Gasteiger partial charge on any atom is 0.274 e. The molecule has 0 spiro atoms. The summed E-state index contributed by atoms with van der Waals surface area (Å²) >= 11 is 0. The lowest BCUT2D eigenvalue weighted by Crippen LogP contribution is -2.19. The predicted molar refractivity (Wildman–Crippen MR) is 117 cm³/mol. The molecule has 4 aromatic rings. The van der Waals surface area contributed by atoms with E-state index >= 15 is 0 Å². The number of ether oxygens (including phenoxy) is 4. The molecule has 168 valence electrons.